The molecule has 11 heavy (non-hydrogen) atoms. The minimum absolute atomic E-state index is 1.13. The van der Waals surface area contributed by atoms with E-state index in [1.54, 1.807) is 0 Å². The maximum atomic E-state index is 2.23. The van der Waals surface area contributed by atoms with E-state index in [0.717, 1.165) is 12.8 Å². The van der Waals surface area contributed by atoms with Crippen LogP contribution in [0.3, 0.4) is 0 Å². The van der Waals surface area contributed by atoms with Gasteiger partial charge < -0.3 is 0 Å². The van der Waals surface area contributed by atoms with Crippen LogP contribution in [-0.2, 0) is 0 Å². The molecule has 0 spiro atoms. The molecule has 0 unspecified atom stereocenters. The summed E-state index contributed by atoms with van der Waals surface area (Å²) in [5, 5.41) is 0. The molecule has 0 aromatic heterocycles. The van der Waals surface area contributed by atoms with Gasteiger partial charge in [0.05, 0.1) is 0 Å². The molecule has 0 heterocycles. The molecular weight excluding hydrogens is 132 g/mol. The zero-order valence-electron chi connectivity index (χ0n) is 8.65. The van der Waals surface area contributed by atoms with E-state index in [1.165, 1.54) is 5.57 Å². The van der Waals surface area contributed by atoms with E-state index in [2.05, 4.69) is 39.0 Å². The van der Waals surface area contributed by atoms with Gasteiger partial charge in [-0.25, -0.2) is 0 Å². The zero-order chi connectivity index (χ0) is 9.11. The minimum atomic E-state index is 1.13. The van der Waals surface area contributed by atoms with Gasteiger partial charge in [-0.05, 0) is 19.8 Å². The van der Waals surface area contributed by atoms with Crippen molar-refractivity contribution in [2.75, 3.05) is 0 Å². The average molecular weight is 154 g/mol. The molecule has 0 bridgehead atoms. The van der Waals surface area contributed by atoms with E-state index in [1.807, 2.05) is 13.8 Å². The lowest BCUT2D eigenvalue weighted by Crippen LogP contribution is -1.66. The number of hydrogen-bond donors (Lipinski definition) is 0. The third kappa shape index (κ3) is 12.6. The lowest BCUT2D eigenvalue weighted by molar-refractivity contribution is 1.18. The van der Waals surface area contributed by atoms with E-state index in [9.17, 15) is 0 Å². The van der Waals surface area contributed by atoms with E-state index in [0.29, 0.717) is 0 Å². The predicted octanol–water partition coefficient (Wildman–Crippen LogP) is 4.34. The van der Waals surface area contributed by atoms with Crippen molar-refractivity contribution in [1.29, 1.82) is 0 Å². The summed E-state index contributed by atoms with van der Waals surface area (Å²) in [6, 6.07) is 0. The Balaban J connectivity index is 0. The lowest BCUT2D eigenvalue weighted by atomic mass is 10.2. The number of allylic oxidation sites excluding steroid dienone is 4. The smallest absolute Gasteiger partial charge is 0.0374 e. The molecule has 0 nitrogen and oxygen atoms in total. The molecule has 0 atom stereocenters. The molecule has 66 valence electrons. The van der Waals surface area contributed by atoms with E-state index >= 15 is 0 Å². The fourth-order valence-electron chi connectivity index (χ4n) is 0.694. The van der Waals surface area contributed by atoms with E-state index in [4.69, 9.17) is 0 Å². The summed E-state index contributed by atoms with van der Waals surface area (Å²) in [4.78, 5) is 0. The van der Waals surface area contributed by atoms with E-state index < -0.39 is 0 Å². The average Bonchev–Trinajstić information content (AvgIpc) is 2.05. The molecule has 0 heteroatoms. The molecule has 0 radical (unpaired) electrons. The number of rotatable bonds is 3. The normalized spacial score (nSPS) is 11.2. The molecule has 0 saturated heterocycles. The Bertz CT molecular complexity index is 107. The van der Waals surface area contributed by atoms with Gasteiger partial charge in [0.2, 0.25) is 0 Å². The summed E-state index contributed by atoms with van der Waals surface area (Å²) in [5.41, 5.74) is 1.37. The second-order valence-electron chi connectivity index (χ2n) is 2.17. The molecule has 0 fully saturated rings. The quantitative estimate of drug-likeness (QED) is 0.531. The summed E-state index contributed by atoms with van der Waals surface area (Å²) >= 11 is 0. The highest BCUT2D eigenvalue weighted by atomic mass is 13.8. The first-order valence-electron chi connectivity index (χ1n) is 4.64. The molecule has 0 N–H and O–H groups in total. The molecule has 0 aliphatic carbocycles. The Hall–Kier alpha value is -0.520. The Morgan fingerprint density at radius 1 is 1.09 bits per heavy atom. The second-order valence-corrected chi connectivity index (χ2v) is 2.17. The third-order valence-corrected chi connectivity index (χ3v) is 1.14. The van der Waals surface area contributed by atoms with Crippen molar-refractivity contribution in [3.8, 4) is 0 Å². The largest absolute Gasteiger partial charge is 0.0846 e. The first-order chi connectivity index (χ1) is 5.31. The molecule has 0 aromatic carbocycles. The highest BCUT2D eigenvalue weighted by Crippen LogP contribution is 1.97. The maximum absolute atomic E-state index is 2.23. The van der Waals surface area contributed by atoms with Gasteiger partial charge in [0, 0.05) is 0 Å². The standard InChI is InChI=1S/C9H16.C2H6/c1-4-6-8-9(3)7-5-2;1-2/h6-8H,4-5H2,1-3H3;1-2H3/b8-6-,9-7-;. The van der Waals surface area contributed by atoms with Crippen LogP contribution in [-0.4, -0.2) is 0 Å². The van der Waals surface area contributed by atoms with Crippen molar-refractivity contribution >= 4 is 0 Å². The SMILES string of the molecule is CC.CC/C=C\C(C)=C/CC. The Labute approximate surface area is 72.0 Å². The second kappa shape index (κ2) is 12.2. The molecule has 0 aliphatic rings. The summed E-state index contributed by atoms with van der Waals surface area (Å²) in [6.07, 6.45) is 8.85. The van der Waals surface area contributed by atoms with Crippen molar-refractivity contribution in [3.63, 3.8) is 0 Å². The highest BCUT2D eigenvalue weighted by Gasteiger charge is 1.75. The highest BCUT2D eigenvalue weighted by molar-refractivity contribution is 5.14. The van der Waals surface area contributed by atoms with Gasteiger partial charge in [0.1, 0.15) is 0 Å². The van der Waals surface area contributed by atoms with Gasteiger partial charge in [0.15, 0.2) is 0 Å². The van der Waals surface area contributed by atoms with Crippen LogP contribution in [0.2, 0.25) is 0 Å². The lowest BCUT2D eigenvalue weighted by Gasteiger charge is -1.87. The first kappa shape index (κ1) is 13.1. The van der Waals surface area contributed by atoms with Gasteiger partial charge in [-0.3, -0.25) is 0 Å². The van der Waals surface area contributed by atoms with Crippen LogP contribution in [0.25, 0.3) is 0 Å². The molecular formula is C11H22. The van der Waals surface area contributed by atoms with Crippen molar-refractivity contribution in [2.45, 2.75) is 47.5 Å². The molecule has 0 amide bonds. The molecule has 0 aliphatic heterocycles. The van der Waals surface area contributed by atoms with Gasteiger partial charge in [-0.1, -0.05) is 51.5 Å². The van der Waals surface area contributed by atoms with Crippen molar-refractivity contribution in [1.82, 2.24) is 0 Å². The van der Waals surface area contributed by atoms with E-state index in [-0.39, 0.29) is 0 Å². The van der Waals surface area contributed by atoms with Crippen LogP contribution < -0.4 is 0 Å². The zero-order valence-corrected chi connectivity index (χ0v) is 8.65. The van der Waals surface area contributed by atoms with Crippen LogP contribution in [0.15, 0.2) is 23.8 Å². The van der Waals surface area contributed by atoms with Gasteiger partial charge in [-0.15, -0.1) is 0 Å². The fourth-order valence-corrected chi connectivity index (χ4v) is 0.694. The monoisotopic (exact) mass is 154 g/mol. The topological polar surface area (TPSA) is 0 Å². The summed E-state index contributed by atoms with van der Waals surface area (Å²) in [5.74, 6) is 0. The third-order valence-electron chi connectivity index (χ3n) is 1.14. The fraction of sp³-hybridized carbons (Fsp3) is 0.636. The molecule has 0 saturated carbocycles. The van der Waals surface area contributed by atoms with Gasteiger partial charge in [-0.2, -0.15) is 0 Å². The molecule has 0 rings (SSSR count). The minimum Gasteiger partial charge on any atom is -0.0846 e. The summed E-state index contributed by atoms with van der Waals surface area (Å²) < 4.78 is 0. The van der Waals surface area contributed by atoms with Crippen LogP contribution in [0.1, 0.15) is 47.5 Å². The van der Waals surface area contributed by atoms with Crippen LogP contribution in [0, 0.1) is 0 Å². The van der Waals surface area contributed by atoms with Crippen LogP contribution >= 0.6 is 0 Å². The van der Waals surface area contributed by atoms with Gasteiger partial charge >= 0.3 is 0 Å². The summed E-state index contributed by atoms with van der Waals surface area (Å²) in [7, 11) is 0. The van der Waals surface area contributed by atoms with Crippen molar-refractivity contribution < 1.29 is 0 Å². The van der Waals surface area contributed by atoms with Crippen LogP contribution in [0.5, 0.6) is 0 Å². The maximum Gasteiger partial charge on any atom is -0.0374 e. The molecule has 0 aromatic rings. The predicted molar refractivity (Wildman–Crippen MR) is 54.8 cm³/mol. The Morgan fingerprint density at radius 2 is 1.64 bits per heavy atom. The Morgan fingerprint density at radius 3 is 2.00 bits per heavy atom. The van der Waals surface area contributed by atoms with Crippen molar-refractivity contribution in [2.24, 2.45) is 0 Å². The first-order valence-corrected chi connectivity index (χ1v) is 4.64. The van der Waals surface area contributed by atoms with Crippen LogP contribution in [0.4, 0.5) is 0 Å². The van der Waals surface area contributed by atoms with Gasteiger partial charge in [0.25, 0.3) is 0 Å². The number of hydrogen-bond acceptors (Lipinski definition) is 0. The summed E-state index contributed by atoms with van der Waals surface area (Å²) in [6.45, 7) is 10.4. The Kier molecular flexibility index (Phi) is 14.5. The van der Waals surface area contributed by atoms with Crippen molar-refractivity contribution in [3.05, 3.63) is 23.8 Å².